The van der Waals surface area contributed by atoms with E-state index in [1.165, 1.54) is 25.4 Å². The third-order valence-electron chi connectivity index (χ3n) is 6.47. The van der Waals surface area contributed by atoms with Gasteiger partial charge in [0.2, 0.25) is 0 Å². The van der Waals surface area contributed by atoms with Crippen molar-refractivity contribution in [2.75, 3.05) is 6.61 Å². The number of fused-ring (bicyclic) bond motifs is 1. The van der Waals surface area contributed by atoms with Crippen LogP contribution in [0.2, 0.25) is 0 Å². The van der Waals surface area contributed by atoms with E-state index >= 15 is 0 Å². The number of esters is 1. The van der Waals surface area contributed by atoms with Gasteiger partial charge in [0.05, 0.1) is 0 Å². The van der Waals surface area contributed by atoms with E-state index in [0.29, 0.717) is 5.92 Å². The molecule has 0 aliphatic heterocycles. The van der Waals surface area contributed by atoms with Crippen LogP contribution in [0.1, 0.15) is 60.7 Å². The fraction of sp³-hybridized carbons (Fsp3) is 0.323. The molecule has 0 aliphatic carbocycles. The fourth-order valence-corrected chi connectivity index (χ4v) is 6.96. The summed E-state index contributed by atoms with van der Waals surface area (Å²) in [6.45, 7) is 14.3. The van der Waals surface area contributed by atoms with Gasteiger partial charge in [-0.2, -0.15) is 0 Å². The predicted molar refractivity (Wildman–Crippen MR) is 147 cm³/mol. The smallest absolute Gasteiger partial charge is 0.345 e. The van der Waals surface area contributed by atoms with Crippen LogP contribution in [0.5, 0.6) is 5.75 Å². The Hall–Kier alpha value is -3.11. The summed E-state index contributed by atoms with van der Waals surface area (Å²) in [6, 6.07) is 23.5. The highest BCUT2D eigenvalue weighted by Gasteiger charge is 2.26. The van der Waals surface area contributed by atoms with E-state index in [0.717, 1.165) is 22.4 Å². The molecule has 0 amide bonds. The molecule has 4 heteroatoms. The summed E-state index contributed by atoms with van der Waals surface area (Å²) >= 11 is 0. The zero-order valence-corrected chi connectivity index (χ0v) is 22.6. The highest BCUT2D eigenvalue weighted by Crippen LogP contribution is 2.45. The third-order valence-corrected chi connectivity index (χ3v) is 8.75. The van der Waals surface area contributed by atoms with Crippen molar-refractivity contribution >= 4 is 26.5 Å². The maximum Gasteiger partial charge on any atom is 0.345 e. The number of hydrogen-bond donors (Lipinski definition) is 0. The molecule has 4 rings (SSSR count). The molecule has 1 heterocycles. The fourth-order valence-electron chi connectivity index (χ4n) is 4.58. The van der Waals surface area contributed by atoms with Crippen molar-refractivity contribution in [1.82, 2.24) is 0 Å². The number of ether oxygens (including phenoxy) is 2. The van der Waals surface area contributed by atoms with Gasteiger partial charge in [0.1, 0.15) is 11.4 Å². The van der Waals surface area contributed by atoms with Crippen LogP contribution in [0, 0.1) is 20.8 Å². The third kappa shape index (κ3) is 5.28. The molecule has 1 unspecified atom stereocenters. The maximum atomic E-state index is 12.7. The molecule has 0 saturated heterocycles. The second-order valence-electron chi connectivity index (χ2n) is 10.0. The van der Waals surface area contributed by atoms with E-state index in [2.05, 4.69) is 75.4 Å². The second kappa shape index (κ2) is 9.87. The monoisotopic (exact) mass is 487 g/mol. The van der Waals surface area contributed by atoms with Crippen LogP contribution in [0.4, 0.5) is 0 Å². The van der Waals surface area contributed by atoms with Crippen LogP contribution < -0.4 is 4.74 Å². The Morgan fingerprint density at radius 3 is 2.17 bits per heavy atom. The molecule has 1 atom stereocenters. The van der Waals surface area contributed by atoms with Crippen LogP contribution in [0.25, 0.3) is 15.0 Å². The summed E-state index contributed by atoms with van der Waals surface area (Å²) in [4.78, 5) is 15.4. The number of benzene rings is 3. The standard InChI is InChI=1S/C31H35O3S/c1-20(2)24-12-14-26(15-13-24)31(6,7)34-29(32)19-33-30-21(3)16-27(17-22(30)4)35-23(5)18-25-10-8-9-11-28(25)35/h8-18,20H,19H2,1-7H3/q+1. The lowest BCUT2D eigenvalue weighted by Gasteiger charge is -2.26. The van der Waals surface area contributed by atoms with Crippen molar-refractivity contribution in [1.29, 1.82) is 0 Å². The van der Waals surface area contributed by atoms with Gasteiger partial charge in [-0.25, -0.2) is 4.79 Å². The van der Waals surface area contributed by atoms with Gasteiger partial charge in [0.15, 0.2) is 21.1 Å². The number of rotatable bonds is 7. The Kier molecular flexibility index (Phi) is 7.05. The lowest BCUT2D eigenvalue weighted by molar-refractivity contribution is -0.159. The molecular weight excluding hydrogens is 452 g/mol. The van der Waals surface area contributed by atoms with Crippen molar-refractivity contribution < 1.29 is 14.3 Å². The minimum absolute atomic E-state index is 0.0775. The first-order valence-electron chi connectivity index (χ1n) is 12.1. The summed E-state index contributed by atoms with van der Waals surface area (Å²) in [5.41, 5.74) is 3.56. The van der Waals surface area contributed by atoms with E-state index in [9.17, 15) is 4.79 Å². The van der Waals surface area contributed by atoms with Gasteiger partial charge >= 0.3 is 5.97 Å². The SMILES string of the molecule is Cc1cc(-[s+]2c(C)cc3ccccc32)cc(C)c1OCC(=O)OC(C)(C)c1ccc(C(C)C)cc1. The summed E-state index contributed by atoms with van der Waals surface area (Å²) in [7, 11) is -0.0775. The van der Waals surface area contributed by atoms with Gasteiger partial charge in [0.25, 0.3) is 0 Å². The normalized spacial score (nSPS) is 12.3. The first-order valence-corrected chi connectivity index (χ1v) is 13.4. The van der Waals surface area contributed by atoms with Crippen LogP contribution in [0.3, 0.4) is 0 Å². The van der Waals surface area contributed by atoms with E-state index in [-0.39, 0.29) is 23.0 Å². The van der Waals surface area contributed by atoms with Crippen molar-refractivity contribution in [2.45, 2.75) is 60.0 Å². The summed E-state index contributed by atoms with van der Waals surface area (Å²) < 4.78 is 13.2. The maximum absolute atomic E-state index is 12.7. The highest BCUT2D eigenvalue weighted by atomic mass is 32.2. The Bertz CT molecular complexity index is 1340. The Morgan fingerprint density at radius 2 is 1.54 bits per heavy atom. The van der Waals surface area contributed by atoms with Crippen molar-refractivity contribution in [3.05, 3.63) is 93.9 Å². The lowest BCUT2D eigenvalue weighted by atomic mass is 9.94. The zero-order chi connectivity index (χ0) is 25.3. The van der Waals surface area contributed by atoms with Gasteiger partial charge < -0.3 is 9.47 Å². The van der Waals surface area contributed by atoms with Gasteiger partial charge in [0, 0.05) is 41.0 Å². The number of thiophene rings is 1. The average Bonchev–Trinajstić information content (AvgIpc) is 3.13. The molecule has 0 fully saturated rings. The summed E-state index contributed by atoms with van der Waals surface area (Å²) in [5.74, 6) is 0.837. The highest BCUT2D eigenvalue weighted by molar-refractivity contribution is 7.45. The molecule has 3 aromatic carbocycles. The van der Waals surface area contributed by atoms with Crippen molar-refractivity contribution in [3.63, 3.8) is 0 Å². The molecule has 3 nitrogen and oxygen atoms in total. The molecule has 0 spiro atoms. The number of carbonyl (C=O) groups excluding carboxylic acids is 1. The molecule has 0 N–H and O–H groups in total. The van der Waals surface area contributed by atoms with Gasteiger partial charge in [-0.15, -0.1) is 0 Å². The summed E-state index contributed by atoms with van der Waals surface area (Å²) in [5, 5.41) is 1.30. The van der Waals surface area contributed by atoms with Crippen LogP contribution in [-0.4, -0.2) is 12.6 Å². The first kappa shape index (κ1) is 25.0. The molecule has 0 radical (unpaired) electrons. The lowest BCUT2D eigenvalue weighted by Crippen LogP contribution is -2.28. The van der Waals surface area contributed by atoms with Gasteiger partial charge in [-0.1, -0.05) is 50.2 Å². The predicted octanol–water partition coefficient (Wildman–Crippen LogP) is 8.48. The second-order valence-corrected chi connectivity index (χ2v) is 12.2. The molecule has 35 heavy (non-hydrogen) atoms. The Labute approximate surface area is 211 Å². The van der Waals surface area contributed by atoms with E-state index in [1.54, 1.807) is 0 Å². The Balaban J connectivity index is 1.48. The average molecular weight is 488 g/mol. The Morgan fingerprint density at radius 1 is 0.914 bits per heavy atom. The van der Waals surface area contributed by atoms with E-state index < -0.39 is 5.60 Å². The van der Waals surface area contributed by atoms with Gasteiger partial charge in [-0.3, -0.25) is 0 Å². The van der Waals surface area contributed by atoms with E-state index in [1.807, 2.05) is 39.8 Å². The van der Waals surface area contributed by atoms with Crippen LogP contribution in [0.15, 0.2) is 66.7 Å². The summed E-state index contributed by atoms with van der Waals surface area (Å²) in [6.07, 6.45) is 0. The molecule has 4 aromatic rings. The molecule has 0 aliphatic rings. The number of carbonyl (C=O) groups is 1. The van der Waals surface area contributed by atoms with E-state index in [4.69, 9.17) is 9.47 Å². The first-order chi connectivity index (χ1) is 16.6. The topological polar surface area (TPSA) is 35.5 Å². The minimum Gasteiger partial charge on any atom is -0.481 e. The largest absolute Gasteiger partial charge is 0.481 e. The molecule has 0 saturated carbocycles. The quantitative estimate of drug-likeness (QED) is 0.194. The number of hydrogen-bond acceptors (Lipinski definition) is 3. The van der Waals surface area contributed by atoms with Crippen LogP contribution in [-0.2, 0) is 15.1 Å². The van der Waals surface area contributed by atoms with Crippen LogP contribution >= 0.6 is 10.5 Å². The molecule has 0 bridgehead atoms. The zero-order valence-electron chi connectivity index (χ0n) is 21.8. The van der Waals surface area contributed by atoms with Gasteiger partial charge in [-0.05, 0) is 68.0 Å². The minimum atomic E-state index is -0.731. The number of aryl methyl sites for hydroxylation is 3. The van der Waals surface area contributed by atoms with Crippen molar-refractivity contribution in [3.8, 4) is 10.6 Å². The van der Waals surface area contributed by atoms with Crippen molar-refractivity contribution in [2.24, 2.45) is 0 Å². The molecule has 1 aromatic heterocycles. The molecule has 182 valence electrons. The molecular formula is C31H35O3S+.